The van der Waals surface area contributed by atoms with Gasteiger partial charge in [0.15, 0.2) is 0 Å². The number of carbonyl (C=O) groups is 2. The van der Waals surface area contributed by atoms with Crippen molar-refractivity contribution >= 4 is 28.2 Å². The number of thiophene rings is 1. The number of primary amides is 1. The summed E-state index contributed by atoms with van der Waals surface area (Å²) in [7, 11) is 0. The van der Waals surface area contributed by atoms with Gasteiger partial charge in [0.05, 0.1) is 12.1 Å². The van der Waals surface area contributed by atoms with Crippen molar-refractivity contribution in [1.82, 2.24) is 4.90 Å². The van der Waals surface area contributed by atoms with Crippen LogP contribution in [-0.2, 0) is 4.79 Å². The average Bonchev–Trinajstić information content (AvgIpc) is 2.88. The third-order valence-electron chi connectivity index (χ3n) is 2.75. The summed E-state index contributed by atoms with van der Waals surface area (Å²) in [6.45, 7) is 2.33. The Bertz CT molecular complexity index is 424. The van der Waals surface area contributed by atoms with Gasteiger partial charge in [-0.15, -0.1) is 11.3 Å². The van der Waals surface area contributed by atoms with Gasteiger partial charge in [0, 0.05) is 0 Å². The number of hydrogen-bond acceptors (Lipinski definition) is 4. The second kappa shape index (κ2) is 5.29. The molecule has 0 saturated carbocycles. The maximum atomic E-state index is 11.7. The van der Waals surface area contributed by atoms with E-state index in [2.05, 4.69) is 10.2 Å². The number of likely N-dealkylation sites (tertiary alicyclic amines) is 1. The molecule has 0 aromatic carbocycles. The zero-order valence-electron chi connectivity index (χ0n) is 9.44. The van der Waals surface area contributed by atoms with E-state index in [-0.39, 0.29) is 5.91 Å². The zero-order chi connectivity index (χ0) is 12.3. The van der Waals surface area contributed by atoms with Gasteiger partial charge in [-0.3, -0.25) is 14.5 Å². The van der Waals surface area contributed by atoms with Crippen LogP contribution in [0.4, 0.5) is 5.00 Å². The fourth-order valence-corrected chi connectivity index (χ4v) is 2.72. The van der Waals surface area contributed by atoms with Gasteiger partial charge in [0.25, 0.3) is 5.91 Å². The molecule has 1 aromatic heterocycles. The van der Waals surface area contributed by atoms with Gasteiger partial charge in [0.2, 0.25) is 5.91 Å². The van der Waals surface area contributed by atoms with Crippen molar-refractivity contribution in [3.8, 4) is 0 Å². The molecule has 0 spiro atoms. The van der Waals surface area contributed by atoms with Crippen molar-refractivity contribution in [3.63, 3.8) is 0 Å². The summed E-state index contributed by atoms with van der Waals surface area (Å²) in [5.74, 6) is -0.598. The minimum Gasteiger partial charge on any atom is -0.366 e. The molecular formula is C11H15N3O2S. The monoisotopic (exact) mass is 253 g/mol. The molecule has 1 aromatic rings. The van der Waals surface area contributed by atoms with Crippen molar-refractivity contribution in [2.45, 2.75) is 12.8 Å². The first-order valence-electron chi connectivity index (χ1n) is 5.56. The largest absolute Gasteiger partial charge is 0.366 e. The van der Waals surface area contributed by atoms with Crippen molar-refractivity contribution in [2.24, 2.45) is 5.73 Å². The topological polar surface area (TPSA) is 75.4 Å². The van der Waals surface area contributed by atoms with Gasteiger partial charge >= 0.3 is 0 Å². The average molecular weight is 253 g/mol. The molecule has 3 N–H and O–H groups in total. The number of nitrogens with one attached hydrogen (secondary N) is 1. The molecule has 0 aliphatic carbocycles. The molecule has 92 valence electrons. The van der Waals surface area contributed by atoms with Gasteiger partial charge in [-0.1, -0.05) is 0 Å². The number of nitrogens with two attached hydrogens (primary N) is 1. The van der Waals surface area contributed by atoms with Crippen LogP contribution in [0.3, 0.4) is 0 Å². The summed E-state index contributed by atoms with van der Waals surface area (Å²) < 4.78 is 0. The lowest BCUT2D eigenvalue weighted by Gasteiger charge is -2.13. The molecule has 0 bridgehead atoms. The molecule has 2 heterocycles. The molecule has 1 aliphatic heterocycles. The van der Waals surface area contributed by atoms with E-state index >= 15 is 0 Å². The minimum atomic E-state index is -0.511. The van der Waals surface area contributed by atoms with E-state index in [1.54, 1.807) is 11.4 Å². The van der Waals surface area contributed by atoms with E-state index in [0.29, 0.717) is 17.1 Å². The van der Waals surface area contributed by atoms with Crippen LogP contribution in [0.15, 0.2) is 11.4 Å². The highest BCUT2D eigenvalue weighted by atomic mass is 32.1. The summed E-state index contributed by atoms with van der Waals surface area (Å²) in [5, 5.41) is 5.02. The molecule has 6 heteroatoms. The smallest absolute Gasteiger partial charge is 0.251 e. The quantitative estimate of drug-likeness (QED) is 0.836. The van der Waals surface area contributed by atoms with Crippen molar-refractivity contribution in [2.75, 3.05) is 25.0 Å². The predicted octanol–water partition coefficient (Wildman–Crippen LogP) is 0.881. The molecule has 0 atom stereocenters. The predicted molar refractivity (Wildman–Crippen MR) is 67.1 cm³/mol. The van der Waals surface area contributed by atoms with Gasteiger partial charge in [-0.05, 0) is 37.4 Å². The van der Waals surface area contributed by atoms with Crippen LogP contribution < -0.4 is 11.1 Å². The molecule has 0 radical (unpaired) electrons. The Morgan fingerprint density at radius 2 is 2.12 bits per heavy atom. The number of amides is 2. The second-order valence-corrected chi connectivity index (χ2v) is 4.98. The number of rotatable bonds is 4. The van der Waals surface area contributed by atoms with Crippen LogP contribution in [0.2, 0.25) is 0 Å². The normalized spacial score (nSPS) is 16.0. The van der Waals surface area contributed by atoms with Crippen LogP contribution in [-0.4, -0.2) is 36.3 Å². The molecule has 0 unspecified atom stereocenters. The van der Waals surface area contributed by atoms with Gasteiger partial charge in [-0.2, -0.15) is 0 Å². The highest BCUT2D eigenvalue weighted by Crippen LogP contribution is 2.22. The van der Waals surface area contributed by atoms with Crippen LogP contribution >= 0.6 is 11.3 Å². The summed E-state index contributed by atoms with van der Waals surface area (Å²) in [5.41, 5.74) is 5.58. The second-order valence-electron chi connectivity index (χ2n) is 4.06. The van der Waals surface area contributed by atoms with E-state index in [0.717, 1.165) is 25.9 Å². The maximum absolute atomic E-state index is 11.7. The molecule has 2 amide bonds. The molecule has 1 saturated heterocycles. The first-order valence-corrected chi connectivity index (χ1v) is 6.44. The van der Waals surface area contributed by atoms with Crippen LogP contribution in [0.25, 0.3) is 0 Å². The SMILES string of the molecule is NC(=O)c1ccsc1NC(=O)CN1CCCC1. The highest BCUT2D eigenvalue weighted by molar-refractivity contribution is 7.14. The minimum absolute atomic E-state index is 0.0862. The van der Waals surface area contributed by atoms with E-state index in [1.165, 1.54) is 11.3 Å². The Morgan fingerprint density at radius 1 is 1.41 bits per heavy atom. The standard InChI is InChI=1S/C11H15N3O2S/c12-10(16)8-3-6-17-11(8)13-9(15)7-14-4-1-2-5-14/h3,6H,1-2,4-5,7H2,(H2,12,16)(H,13,15). The Balaban J connectivity index is 1.93. The van der Waals surface area contributed by atoms with Crippen LogP contribution in [0.5, 0.6) is 0 Å². The molecular weight excluding hydrogens is 238 g/mol. The van der Waals surface area contributed by atoms with E-state index in [4.69, 9.17) is 5.73 Å². The molecule has 2 rings (SSSR count). The maximum Gasteiger partial charge on any atom is 0.251 e. The fourth-order valence-electron chi connectivity index (χ4n) is 1.91. The summed E-state index contributed by atoms with van der Waals surface area (Å²) in [6, 6.07) is 1.62. The van der Waals surface area contributed by atoms with Gasteiger partial charge in [0.1, 0.15) is 5.00 Å². The number of carbonyl (C=O) groups excluding carboxylic acids is 2. The zero-order valence-corrected chi connectivity index (χ0v) is 10.3. The first kappa shape index (κ1) is 12.1. The summed E-state index contributed by atoms with van der Waals surface area (Å²) in [6.07, 6.45) is 2.30. The highest BCUT2D eigenvalue weighted by Gasteiger charge is 2.17. The lowest BCUT2D eigenvalue weighted by molar-refractivity contribution is -0.117. The van der Waals surface area contributed by atoms with Crippen molar-refractivity contribution in [3.05, 3.63) is 17.0 Å². The number of nitrogens with zero attached hydrogens (tertiary/aromatic N) is 1. The van der Waals surface area contributed by atoms with E-state index < -0.39 is 5.91 Å². The van der Waals surface area contributed by atoms with E-state index in [1.807, 2.05) is 0 Å². The van der Waals surface area contributed by atoms with Gasteiger partial charge in [-0.25, -0.2) is 0 Å². The van der Waals surface area contributed by atoms with Gasteiger partial charge < -0.3 is 11.1 Å². The van der Waals surface area contributed by atoms with Crippen molar-refractivity contribution in [1.29, 1.82) is 0 Å². The Morgan fingerprint density at radius 3 is 2.76 bits per heavy atom. The van der Waals surface area contributed by atoms with Crippen LogP contribution in [0, 0.1) is 0 Å². The first-order chi connectivity index (χ1) is 8.16. The Kier molecular flexibility index (Phi) is 3.75. The summed E-state index contributed by atoms with van der Waals surface area (Å²) in [4.78, 5) is 24.9. The molecule has 17 heavy (non-hydrogen) atoms. The fraction of sp³-hybridized carbons (Fsp3) is 0.455. The third-order valence-corrected chi connectivity index (χ3v) is 3.58. The van der Waals surface area contributed by atoms with Crippen LogP contribution in [0.1, 0.15) is 23.2 Å². The van der Waals surface area contributed by atoms with E-state index in [9.17, 15) is 9.59 Å². The third kappa shape index (κ3) is 3.04. The number of anilines is 1. The molecule has 1 aliphatic rings. The molecule has 5 nitrogen and oxygen atoms in total. The Labute approximate surface area is 104 Å². The number of hydrogen-bond donors (Lipinski definition) is 2. The molecule has 1 fully saturated rings. The Hall–Kier alpha value is -1.40. The lowest BCUT2D eigenvalue weighted by atomic mass is 10.3. The van der Waals surface area contributed by atoms with Crippen molar-refractivity contribution < 1.29 is 9.59 Å². The lowest BCUT2D eigenvalue weighted by Crippen LogP contribution is -2.31. The summed E-state index contributed by atoms with van der Waals surface area (Å²) >= 11 is 1.31.